The van der Waals surface area contributed by atoms with E-state index in [-0.39, 0.29) is 0 Å². The highest BCUT2D eigenvalue weighted by Gasteiger charge is 2.17. The molecule has 15 heavy (non-hydrogen) atoms. The fraction of sp³-hybridized carbons (Fsp3) is 0.250. The van der Waals surface area contributed by atoms with Crippen LogP contribution in [-0.2, 0) is 6.54 Å². The number of benzene rings is 1. The van der Waals surface area contributed by atoms with Crippen molar-refractivity contribution < 1.29 is 0 Å². The molecule has 0 saturated carbocycles. The smallest absolute Gasteiger partial charge is 0.131 e. The Bertz CT molecular complexity index is 447. The van der Waals surface area contributed by atoms with Gasteiger partial charge in [-0.3, -0.25) is 0 Å². The summed E-state index contributed by atoms with van der Waals surface area (Å²) in [5.41, 5.74) is 1.25. The molecule has 0 atom stereocenters. The number of aryl methyl sites for hydroxylation is 1. The van der Waals surface area contributed by atoms with Crippen LogP contribution in [0.5, 0.6) is 0 Å². The van der Waals surface area contributed by atoms with Crippen LogP contribution in [0.2, 0.25) is 0 Å². The molecular weight excluding hydrogens is 186 g/mol. The van der Waals surface area contributed by atoms with E-state index in [4.69, 9.17) is 0 Å². The summed E-state index contributed by atoms with van der Waals surface area (Å²) in [6.45, 7) is 2.11. The first kappa shape index (κ1) is 8.53. The first-order chi connectivity index (χ1) is 7.45. The van der Waals surface area contributed by atoms with Gasteiger partial charge in [0, 0.05) is 24.8 Å². The number of fused-ring (bicyclic) bond motifs is 1. The molecule has 2 aromatic rings. The molecule has 1 aliphatic heterocycles. The summed E-state index contributed by atoms with van der Waals surface area (Å²) in [6, 6.07) is 12.6. The summed E-state index contributed by atoms with van der Waals surface area (Å²) in [4.78, 5) is 2.32. The van der Waals surface area contributed by atoms with Gasteiger partial charge < -0.3 is 4.90 Å². The van der Waals surface area contributed by atoms with Gasteiger partial charge in [-0.25, -0.2) is 4.68 Å². The predicted octanol–water partition coefficient (Wildman–Crippen LogP) is 2.42. The van der Waals surface area contributed by atoms with E-state index in [2.05, 4.69) is 45.0 Å². The van der Waals surface area contributed by atoms with Crippen molar-refractivity contribution in [1.82, 2.24) is 9.78 Å². The Hall–Kier alpha value is -1.77. The number of hydrogen-bond donors (Lipinski definition) is 0. The fourth-order valence-corrected chi connectivity index (χ4v) is 2.09. The molecule has 0 spiro atoms. The molecule has 3 nitrogen and oxygen atoms in total. The summed E-state index contributed by atoms with van der Waals surface area (Å²) in [5.74, 6) is 1.20. The molecular formula is C12H13N3. The third-order valence-electron chi connectivity index (χ3n) is 2.79. The second-order valence-corrected chi connectivity index (χ2v) is 3.75. The SMILES string of the molecule is c1ccc(N2CCCn3nccc32)cc1. The number of aromatic nitrogens is 2. The number of rotatable bonds is 1. The minimum Gasteiger partial charge on any atom is -0.327 e. The van der Waals surface area contributed by atoms with Gasteiger partial charge in [-0.05, 0) is 18.6 Å². The van der Waals surface area contributed by atoms with Crippen LogP contribution in [0.1, 0.15) is 6.42 Å². The topological polar surface area (TPSA) is 21.1 Å². The molecule has 76 valence electrons. The molecule has 1 aliphatic rings. The number of nitrogens with zero attached hydrogens (tertiary/aromatic N) is 3. The van der Waals surface area contributed by atoms with Crippen molar-refractivity contribution >= 4 is 11.5 Å². The van der Waals surface area contributed by atoms with Crippen molar-refractivity contribution in [1.29, 1.82) is 0 Å². The van der Waals surface area contributed by atoms with Crippen LogP contribution >= 0.6 is 0 Å². The Morgan fingerprint density at radius 2 is 1.87 bits per heavy atom. The zero-order chi connectivity index (χ0) is 10.1. The van der Waals surface area contributed by atoms with Crippen molar-refractivity contribution in [3.63, 3.8) is 0 Å². The van der Waals surface area contributed by atoms with Gasteiger partial charge in [0.25, 0.3) is 0 Å². The lowest BCUT2D eigenvalue weighted by Crippen LogP contribution is -2.27. The summed E-state index contributed by atoms with van der Waals surface area (Å²) in [7, 11) is 0. The molecule has 1 aromatic carbocycles. The monoisotopic (exact) mass is 199 g/mol. The number of anilines is 2. The first-order valence-electron chi connectivity index (χ1n) is 5.29. The van der Waals surface area contributed by atoms with Crippen LogP contribution in [0.15, 0.2) is 42.6 Å². The van der Waals surface area contributed by atoms with Crippen LogP contribution in [0.4, 0.5) is 11.5 Å². The van der Waals surface area contributed by atoms with Gasteiger partial charge in [0.05, 0.1) is 6.20 Å². The summed E-state index contributed by atoms with van der Waals surface area (Å²) in [5, 5.41) is 4.31. The summed E-state index contributed by atoms with van der Waals surface area (Å²) in [6.07, 6.45) is 3.03. The molecule has 2 heterocycles. The van der Waals surface area contributed by atoms with E-state index in [1.807, 2.05) is 12.3 Å². The van der Waals surface area contributed by atoms with Crippen LogP contribution in [-0.4, -0.2) is 16.3 Å². The highest BCUT2D eigenvalue weighted by Crippen LogP contribution is 2.27. The maximum Gasteiger partial charge on any atom is 0.131 e. The standard InChI is InChI=1S/C12H13N3/c1-2-5-11(6-3-1)14-9-4-10-15-12(14)7-8-13-15/h1-3,5-8H,4,9-10H2. The van der Waals surface area contributed by atoms with Gasteiger partial charge in [-0.15, -0.1) is 0 Å². The zero-order valence-corrected chi connectivity index (χ0v) is 8.50. The van der Waals surface area contributed by atoms with E-state index in [9.17, 15) is 0 Å². The van der Waals surface area contributed by atoms with E-state index in [0.29, 0.717) is 0 Å². The van der Waals surface area contributed by atoms with Gasteiger partial charge in [-0.2, -0.15) is 5.10 Å². The van der Waals surface area contributed by atoms with Crippen LogP contribution in [0.3, 0.4) is 0 Å². The lowest BCUT2D eigenvalue weighted by molar-refractivity contribution is 0.542. The predicted molar refractivity (Wildman–Crippen MR) is 60.3 cm³/mol. The van der Waals surface area contributed by atoms with Crippen molar-refractivity contribution in [2.45, 2.75) is 13.0 Å². The van der Waals surface area contributed by atoms with E-state index in [1.165, 1.54) is 11.5 Å². The molecule has 0 bridgehead atoms. The molecule has 0 fully saturated rings. The van der Waals surface area contributed by atoms with E-state index in [0.717, 1.165) is 19.5 Å². The van der Waals surface area contributed by atoms with Crippen molar-refractivity contribution in [3.05, 3.63) is 42.6 Å². The summed E-state index contributed by atoms with van der Waals surface area (Å²) < 4.78 is 2.07. The van der Waals surface area contributed by atoms with Gasteiger partial charge in [-0.1, -0.05) is 18.2 Å². The van der Waals surface area contributed by atoms with Gasteiger partial charge >= 0.3 is 0 Å². The molecule has 3 rings (SSSR count). The largest absolute Gasteiger partial charge is 0.327 e. The van der Waals surface area contributed by atoms with Gasteiger partial charge in [0.1, 0.15) is 5.82 Å². The first-order valence-corrected chi connectivity index (χ1v) is 5.29. The van der Waals surface area contributed by atoms with Crippen molar-refractivity contribution in [2.24, 2.45) is 0 Å². The highest BCUT2D eigenvalue weighted by molar-refractivity contribution is 5.60. The van der Waals surface area contributed by atoms with Crippen LogP contribution in [0.25, 0.3) is 0 Å². The summed E-state index contributed by atoms with van der Waals surface area (Å²) >= 11 is 0. The number of hydrogen-bond acceptors (Lipinski definition) is 2. The second kappa shape index (κ2) is 3.42. The van der Waals surface area contributed by atoms with E-state index < -0.39 is 0 Å². The molecule has 1 aromatic heterocycles. The third kappa shape index (κ3) is 1.40. The zero-order valence-electron chi connectivity index (χ0n) is 8.50. The molecule has 0 saturated heterocycles. The van der Waals surface area contributed by atoms with E-state index >= 15 is 0 Å². The fourth-order valence-electron chi connectivity index (χ4n) is 2.09. The van der Waals surface area contributed by atoms with Crippen molar-refractivity contribution in [3.8, 4) is 0 Å². The van der Waals surface area contributed by atoms with E-state index in [1.54, 1.807) is 0 Å². The molecule has 3 heteroatoms. The van der Waals surface area contributed by atoms with Gasteiger partial charge in [0.2, 0.25) is 0 Å². The maximum absolute atomic E-state index is 4.31. The second-order valence-electron chi connectivity index (χ2n) is 3.75. The number of para-hydroxylation sites is 1. The Morgan fingerprint density at radius 3 is 2.73 bits per heavy atom. The molecule has 0 amide bonds. The lowest BCUT2D eigenvalue weighted by Gasteiger charge is -2.29. The highest BCUT2D eigenvalue weighted by atomic mass is 15.4. The van der Waals surface area contributed by atoms with Crippen LogP contribution in [0, 0.1) is 0 Å². The normalized spacial score (nSPS) is 15.1. The Morgan fingerprint density at radius 1 is 1.00 bits per heavy atom. The molecule has 0 aliphatic carbocycles. The Kier molecular flexibility index (Phi) is 1.95. The van der Waals surface area contributed by atoms with Gasteiger partial charge in [0.15, 0.2) is 0 Å². The average Bonchev–Trinajstić information content (AvgIpc) is 2.78. The lowest BCUT2D eigenvalue weighted by atomic mass is 10.2. The molecule has 0 radical (unpaired) electrons. The quantitative estimate of drug-likeness (QED) is 0.703. The van der Waals surface area contributed by atoms with Crippen LogP contribution < -0.4 is 4.90 Å². The Labute approximate surface area is 88.9 Å². The van der Waals surface area contributed by atoms with Crippen molar-refractivity contribution in [2.75, 3.05) is 11.4 Å². The average molecular weight is 199 g/mol. The minimum atomic E-state index is 1.03. The maximum atomic E-state index is 4.31. The molecule has 0 unspecified atom stereocenters. The Balaban J connectivity index is 2.03. The molecule has 0 N–H and O–H groups in total. The third-order valence-corrected chi connectivity index (χ3v) is 2.79. The minimum absolute atomic E-state index is 1.03.